The van der Waals surface area contributed by atoms with Gasteiger partial charge in [0.05, 0.1) is 28.3 Å². The van der Waals surface area contributed by atoms with Gasteiger partial charge in [-0.15, -0.1) is 0 Å². The van der Waals surface area contributed by atoms with Gasteiger partial charge in [0.15, 0.2) is 15.0 Å². The normalized spacial score (nSPS) is 15.2. The van der Waals surface area contributed by atoms with Crippen LogP contribution >= 0.6 is 22.9 Å². The van der Waals surface area contributed by atoms with Gasteiger partial charge in [-0.2, -0.15) is 0 Å². The van der Waals surface area contributed by atoms with Gasteiger partial charge in [-0.05, 0) is 36.8 Å². The molecule has 170 valence electrons. The van der Waals surface area contributed by atoms with Gasteiger partial charge >= 0.3 is 0 Å². The van der Waals surface area contributed by atoms with Gasteiger partial charge in [-0.1, -0.05) is 41.1 Å². The van der Waals surface area contributed by atoms with E-state index in [9.17, 15) is 13.2 Å². The van der Waals surface area contributed by atoms with Gasteiger partial charge in [0.1, 0.15) is 5.75 Å². The summed E-state index contributed by atoms with van der Waals surface area (Å²) >= 11 is 7.61. The highest BCUT2D eigenvalue weighted by molar-refractivity contribution is 7.92. The zero-order valence-electron chi connectivity index (χ0n) is 17.7. The minimum absolute atomic E-state index is 0.133. The summed E-state index contributed by atoms with van der Waals surface area (Å²) in [6.07, 6.45) is 0. The SMILES string of the molecule is Cc1c(Cl)ccc2sc(N(CCN3CCOCC3)C(=O)CS(=O)(=O)c3ccccc3)nc12. The maximum absolute atomic E-state index is 13.3. The lowest BCUT2D eigenvalue weighted by molar-refractivity contribution is -0.116. The number of hydrogen-bond acceptors (Lipinski definition) is 7. The lowest BCUT2D eigenvalue weighted by Crippen LogP contribution is -2.44. The third-order valence-corrected chi connectivity index (χ3v) is 8.50. The van der Waals surface area contributed by atoms with Crippen LogP contribution in [0.2, 0.25) is 5.02 Å². The number of carbonyl (C=O) groups excluding carboxylic acids is 1. The number of benzene rings is 2. The smallest absolute Gasteiger partial charge is 0.244 e. The van der Waals surface area contributed by atoms with Gasteiger partial charge in [0.2, 0.25) is 5.91 Å². The number of fused-ring (bicyclic) bond motifs is 1. The van der Waals surface area contributed by atoms with Crippen molar-refractivity contribution in [2.45, 2.75) is 11.8 Å². The molecule has 3 aromatic rings. The number of anilines is 1. The summed E-state index contributed by atoms with van der Waals surface area (Å²) in [4.78, 5) is 21.8. The molecule has 0 N–H and O–H groups in total. The lowest BCUT2D eigenvalue weighted by Gasteiger charge is -2.29. The van der Waals surface area contributed by atoms with Crippen LogP contribution in [-0.4, -0.2) is 69.4 Å². The van der Waals surface area contributed by atoms with Crippen molar-refractivity contribution in [1.82, 2.24) is 9.88 Å². The van der Waals surface area contributed by atoms with E-state index in [1.54, 1.807) is 24.3 Å². The number of aromatic nitrogens is 1. The Kier molecular flexibility index (Phi) is 7.11. The van der Waals surface area contributed by atoms with E-state index in [-0.39, 0.29) is 4.90 Å². The van der Waals surface area contributed by atoms with Gasteiger partial charge in [0, 0.05) is 31.2 Å². The Bertz CT molecular complexity index is 1210. The van der Waals surface area contributed by atoms with Crippen LogP contribution in [0.1, 0.15) is 5.56 Å². The number of ether oxygens (including phenoxy) is 1. The van der Waals surface area contributed by atoms with Crippen LogP contribution in [0.4, 0.5) is 5.13 Å². The van der Waals surface area contributed by atoms with Crippen LogP contribution in [0.25, 0.3) is 10.2 Å². The number of hydrogen-bond donors (Lipinski definition) is 0. The van der Waals surface area contributed by atoms with Crippen molar-refractivity contribution in [3.8, 4) is 0 Å². The van der Waals surface area contributed by atoms with E-state index >= 15 is 0 Å². The molecule has 0 bridgehead atoms. The number of thiazole rings is 1. The minimum atomic E-state index is -3.77. The van der Waals surface area contributed by atoms with E-state index in [2.05, 4.69) is 9.88 Å². The number of aryl methyl sites for hydroxylation is 1. The first kappa shape index (κ1) is 23.1. The monoisotopic (exact) mass is 493 g/mol. The first-order valence-electron chi connectivity index (χ1n) is 10.3. The third kappa shape index (κ3) is 5.13. The van der Waals surface area contributed by atoms with Crippen molar-refractivity contribution >= 4 is 54.0 Å². The molecule has 2 aromatic carbocycles. The van der Waals surface area contributed by atoms with Crippen molar-refractivity contribution in [3.05, 3.63) is 53.1 Å². The second-order valence-electron chi connectivity index (χ2n) is 7.59. The van der Waals surface area contributed by atoms with Gasteiger partial charge in [-0.25, -0.2) is 13.4 Å². The maximum atomic E-state index is 13.3. The molecule has 1 aromatic heterocycles. The summed E-state index contributed by atoms with van der Waals surface area (Å²) in [5, 5.41) is 1.08. The molecule has 0 unspecified atom stereocenters. The zero-order valence-corrected chi connectivity index (χ0v) is 20.0. The van der Waals surface area contributed by atoms with E-state index in [4.69, 9.17) is 16.3 Å². The molecule has 0 aliphatic carbocycles. The molecular formula is C22H24ClN3O4S2. The molecule has 4 rings (SSSR count). The average molecular weight is 494 g/mol. The summed E-state index contributed by atoms with van der Waals surface area (Å²) in [6.45, 7) is 5.68. The molecule has 0 atom stereocenters. The largest absolute Gasteiger partial charge is 0.379 e. The Labute approximate surface area is 196 Å². The lowest BCUT2D eigenvalue weighted by atomic mass is 10.2. The topological polar surface area (TPSA) is 79.8 Å². The molecule has 0 spiro atoms. The standard InChI is InChI=1S/C22H24ClN3O4S2/c1-16-18(23)7-8-19-21(16)24-22(31-19)26(10-9-25-11-13-30-14-12-25)20(27)15-32(28,29)17-5-3-2-4-6-17/h2-8H,9-15H2,1H3. The number of morpholine rings is 1. The maximum Gasteiger partial charge on any atom is 0.244 e. The molecule has 32 heavy (non-hydrogen) atoms. The van der Waals surface area contributed by atoms with Crippen LogP contribution < -0.4 is 4.90 Å². The van der Waals surface area contributed by atoms with Crippen LogP contribution in [0.3, 0.4) is 0 Å². The van der Waals surface area contributed by atoms with E-state index in [0.29, 0.717) is 36.5 Å². The first-order valence-corrected chi connectivity index (χ1v) is 13.1. The molecule has 0 radical (unpaired) electrons. The predicted molar refractivity (Wildman–Crippen MR) is 127 cm³/mol. The highest BCUT2D eigenvalue weighted by atomic mass is 35.5. The summed E-state index contributed by atoms with van der Waals surface area (Å²) < 4.78 is 32.0. The molecule has 1 fully saturated rings. The first-order chi connectivity index (χ1) is 15.3. The fraction of sp³-hybridized carbons (Fsp3) is 0.364. The van der Waals surface area contributed by atoms with Crippen molar-refractivity contribution in [2.24, 2.45) is 0 Å². The number of carbonyl (C=O) groups is 1. The van der Waals surface area contributed by atoms with Gasteiger partial charge in [0.25, 0.3) is 0 Å². The number of rotatable bonds is 7. The van der Waals surface area contributed by atoms with E-state index in [0.717, 1.165) is 28.9 Å². The summed E-state index contributed by atoms with van der Waals surface area (Å²) in [7, 11) is -3.77. The van der Waals surface area contributed by atoms with Crippen molar-refractivity contribution in [2.75, 3.05) is 50.0 Å². The Morgan fingerprint density at radius 1 is 1.19 bits per heavy atom. The van der Waals surface area contributed by atoms with Gasteiger partial charge in [-0.3, -0.25) is 14.6 Å². The van der Waals surface area contributed by atoms with E-state index in [1.165, 1.54) is 28.4 Å². The quantitative estimate of drug-likeness (QED) is 0.502. The fourth-order valence-electron chi connectivity index (χ4n) is 3.55. The fourth-order valence-corrected chi connectivity index (χ4v) is 5.99. The number of halogens is 1. The Morgan fingerprint density at radius 2 is 1.91 bits per heavy atom. The summed E-state index contributed by atoms with van der Waals surface area (Å²) in [5.74, 6) is -1.11. The molecule has 1 aliphatic heterocycles. The van der Waals surface area contributed by atoms with Crippen LogP contribution in [-0.2, 0) is 19.4 Å². The number of amides is 1. The zero-order chi connectivity index (χ0) is 22.7. The van der Waals surface area contributed by atoms with Crippen molar-refractivity contribution in [3.63, 3.8) is 0 Å². The van der Waals surface area contributed by atoms with Crippen molar-refractivity contribution in [1.29, 1.82) is 0 Å². The van der Waals surface area contributed by atoms with E-state index < -0.39 is 21.5 Å². The molecule has 1 amide bonds. The Morgan fingerprint density at radius 3 is 2.62 bits per heavy atom. The van der Waals surface area contributed by atoms with Crippen LogP contribution in [0.5, 0.6) is 0 Å². The second kappa shape index (κ2) is 9.84. The molecule has 7 nitrogen and oxygen atoms in total. The molecular weight excluding hydrogens is 470 g/mol. The molecule has 2 heterocycles. The Balaban J connectivity index is 1.62. The molecule has 1 aliphatic rings. The van der Waals surface area contributed by atoms with Crippen LogP contribution in [0.15, 0.2) is 47.4 Å². The number of nitrogens with zero attached hydrogens (tertiary/aromatic N) is 3. The number of sulfone groups is 1. The highest BCUT2D eigenvalue weighted by Crippen LogP contribution is 2.33. The third-order valence-electron chi connectivity index (χ3n) is 5.43. The summed E-state index contributed by atoms with van der Waals surface area (Å²) in [6, 6.07) is 11.7. The molecule has 10 heteroatoms. The average Bonchev–Trinajstić information content (AvgIpc) is 3.22. The van der Waals surface area contributed by atoms with Crippen molar-refractivity contribution < 1.29 is 17.9 Å². The minimum Gasteiger partial charge on any atom is -0.379 e. The molecule has 1 saturated heterocycles. The summed E-state index contributed by atoms with van der Waals surface area (Å²) in [5.41, 5.74) is 1.57. The van der Waals surface area contributed by atoms with Gasteiger partial charge < -0.3 is 4.74 Å². The highest BCUT2D eigenvalue weighted by Gasteiger charge is 2.27. The van der Waals surface area contributed by atoms with Crippen LogP contribution in [0, 0.1) is 6.92 Å². The second-order valence-corrected chi connectivity index (χ2v) is 11.0. The van der Waals surface area contributed by atoms with E-state index in [1.807, 2.05) is 13.0 Å². The predicted octanol–water partition coefficient (Wildman–Crippen LogP) is 3.40. The Hall–Kier alpha value is -2.04. The molecule has 0 saturated carbocycles.